The van der Waals surface area contributed by atoms with Crippen molar-refractivity contribution >= 4 is 22.6 Å². The van der Waals surface area contributed by atoms with Crippen molar-refractivity contribution in [3.05, 3.63) is 33.4 Å². The van der Waals surface area contributed by atoms with Gasteiger partial charge >= 0.3 is 0 Å². The Kier molecular flexibility index (Phi) is 4.82. The molecule has 3 heteroatoms. The summed E-state index contributed by atoms with van der Waals surface area (Å²) in [7, 11) is 1.77. The zero-order chi connectivity index (χ0) is 12.1. The van der Waals surface area contributed by atoms with Crippen molar-refractivity contribution in [2.45, 2.75) is 44.5 Å². The Morgan fingerprint density at radius 3 is 2.53 bits per heavy atom. The van der Waals surface area contributed by atoms with Gasteiger partial charge in [0, 0.05) is 23.5 Å². The summed E-state index contributed by atoms with van der Waals surface area (Å²) < 4.78 is 12.9. The minimum absolute atomic E-state index is 0.336. The maximum Gasteiger partial charge on any atom is 0.168 e. The van der Waals surface area contributed by atoms with E-state index in [0.29, 0.717) is 6.61 Å². The molecule has 1 aliphatic rings. The predicted molar refractivity (Wildman–Crippen MR) is 76.8 cm³/mol. The smallest absolute Gasteiger partial charge is 0.168 e. The average molecular weight is 346 g/mol. The lowest BCUT2D eigenvalue weighted by Gasteiger charge is -2.35. The van der Waals surface area contributed by atoms with Crippen molar-refractivity contribution in [1.29, 1.82) is 0 Å². The minimum Gasteiger partial charge on any atom is -0.353 e. The molecular weight excluding hydrogens is 327 g/mol. The van der Waals surface area contributed by atoms with Crippen LogP contribution >= 0.6 is 22.6 Å². The molecule has 0 atom stereocenters. The molecule has 0 bridgehead atoms. The highest BCUT2D eigenvalue weighted by Crippen LogP contribution is 2.33. The summed E-state index contributed by atoms with van der Waals surface area (Å²) in [5.41, 5.74) is 1.25. The van der Waals surface area contributed by atoms with Crippen molar-refractivity contribution in [1.82, 2.24) is 0 Å². The number of rotatable bonds is 4. The summed E-state index contributed by atoms with van der Waals surface area (Å²) in [4.78, 5) is 0. The van der Waals surface area contributed by atoms with Crippen molar-refractivity contribution in [3.8, 4) is 0 Å². The van der Waals surface area contributed by atoms with Gasteiger partial charge < -0.3 is 9.47 Å². The van der Waals surface area contributed by atoms with E-state index in [1.165, 1.54) is 28.4 Å². The molecule has 0 N–H and O–H groups in total. The molecule has 0 radical (unpaired) electrons. The fraction of sp³-hybridized carbons (Fsp3) is 0.571. The SMILES string of the molecule is COC1(OCc2ccccc2I)CCCCC1. The van der Waals surface area contributed by atoms with Gasteiger partial charge in [0.2, 0.25) is 0 Å². The molecule has 1 aliphatic carbocycles. The normalized spacial score (nSPS) is 19.2. The van der Waals surface area contributed by atoms with Gasteiger partial charge in [-0.15, -0.1) is 0 Å². The van der Waals surface area contributed by atoms with Crippen molar-refractivity contribution in [2.24, 2.45) is 0 Å². The van der Waals surface area contributed by atoms with Crippen LogP contribution < -0.4 is 0 Å². The molecule has 0 amide bonds. The Morgan fingerprint density at radius 1 is 1.18 bits per heavy atom. The third-order valence-corrected chi connectivity index (χ3v) is 4.49. The summed E-state index contributed by atoms with van der Waals surface area (Å²) >= 11 is 2.35. The van der Waals surface area contributed by atoms with E-state index in [-0.39, 0.29) is 5.79 Å². The Morgan fingerprint density at radius 2 is 1.88 bits per heavy atom. The Hall–Kier alpha value is -0.130. The number of hydrogen-bond donors (Lipinski definition) is 0. The number of halogens is 1. The summed E-state index contributed by atoms with van der Waals surface area (Å²) in [6.07, 6.45) is 5.76. The molecule has 2 nitrogen and oxygen atoms in total. The molecule has 1 fully saturated rings. The molecule has 17 heavy (non-hydrogen) atoms. The quantitative estimate of drug-likeness (QED) is 0.603. The molecular formula is C14H19IO2. The third-order valence-electron chi connectivity index (χ3n) is 3.44. The van der Waals surface area contributed by atoms with E-state index in [0.717, 1.165) is 12.8 Å². The van der Waals surface area contributed by atoms with Gasteiger partial charge in [0.25, 0.3) is 0 Å². The Labute approximate surface area is 117 Å². The number of hydrogen-bond acceptors (Lipinski definition) is 2. The highest BCUT2D eigenvalue weighted by Gasteiger charge is 2.32. The highest BCUT2D eigenvalue weighted by atomic mass is 127. The van der Waals surface area contributed by atoms with Crippen LogP contribution in [0.2, 0.25) is 0 Å². The number of methoxy groups -OCH3 is 1. The molecule has 1 saturated carbocycles. The van der Waals surface area contributed by atoms with Crippen LogP contribution in [0.25, 0.3) is 0 Å². The van der Waals surface area contributed by atoms with E-state index in [1.54, 1.807) is 7.11 Å². The van der Waals surface area contributed by atoms with Crippen LogP contribution in [0, 0.1) is 3.57 Å². The van der Waals surface area contributed by atoms with Gasteiger partial charge in [-0.05, 0) is 47.1 Å². The van der Waals surface area contributed by atoms with E-state index < -0.39 is 0 Å². The van der Waals surface area contributed by atoms with Gasteiger partial charge in [-0.3, -0.25) is 0 Å². The highest BCUT2D eigenvalue weighted by molar-refractivity contribution is 14.1. The van der Waals surface area contributed by atoms with Gasteiger partial charge in [-0.25, -0.2) is 0 Å². The standard InChI is InChI=1S/C14H19IO2/c1-16-14(9-5-2-6-10-14)17-11-12-7-3-4-8-13(12)15/h3-4,7-8H,2,5-6,9-11H2,1H3. The molecule has 94 valence electrons. The van der Waals surface area contributed by atoms with Crippen LogP contribution in [0.1, 0.15) is 37.7 Å². The van der Waals surface area contributed by atoms with E-state index >= 15 is 0 Å². The second-order valence-electron chi connectivity index (χ2n) is 4.56. The lowest BCUT2D eigenvalue weighted by Crippen LogP contribution is -2.36. The molecule has 0 aromatic heterocycles. The van der Waals surface area contributed by atoms with Gasteiger partial charge in [0.15, 0.2) is 5.79 Å². The second-order valence-corrected chi connectivity index (χ2v) is 5.72. The molecule has 1 aromatic carbocycles. The maximum absolute atomic E-state index is 6.06. The zero-order valence-corrected chi connectivity index (χ0v) is 12.4. The van der Waals surface area contributed by atoms with Gasteiger partial charge in [-0.1, -0.05) is 24.6 Å². The first-order chi connectivity index (χ1) is 8.26. The van der Waals surface area contributed by atoms with E-state index in [4.69, 9.17) is 9.47 Å². The molecule has 1 aromatic rings. The zero-order valence-electron chi connectivity index (χ0n) is 10.2. The Balaban J connectivity index is 1.98. The fourth-order valence-electron chi connectivity index (χ4n) is 2.32. The van der Waals surface area contributed by atoms with E-state index in [9.17, 15) is 0 Å². The van der Waals surface area contributed by atoms with Gasteiger partial charge in [-0.2, -0.15) is 0 Å². The van der Waals surface area contributed by atoms with Crippen LogP contribution in [-0.4, -0.2) is 12.9 Å². The molecule has 0 saturated heterocycles. The largest absolute Gasteiger partial charge is 0.353 e. The lowest BCUT2D eigenvalue weighted by atomic mass is 9.94. The molecule has 2 rings (SSSR count). The van der Waals surface area contributed by atoms with Crippen molar-refractivity contribution < 1.29 is 9.47 Å². The molecule has 0 unspecified atom stereocenters. The summed E-state index contributed by atoms with van der Waals surface area (Å²) in [6, 6.07) is 8.34. The molecule has 0 heterocycles. The molecule has 0 aliphatic heterocycles. The van der Waals surface area contributed by atoms with Crippen LogP contribution in [-0.2, 0) is 16.1 Å². The second kappa shape index (κ2) is 6.16. The Bertz CT molecular complexity index is 359. The lowest BCUT2D eigenvalue weighted by molar-refractivity contribution is -0.245. The average Bonchev–Trinajstić information content (AvgIpc) is 2.39. The topological polar surface area (TPSA) is 18.5 Å². The van der Waals surface area contributed by atoms with E-state index in [1.807, 2.05) is 0 Å². The summed E-state index contributed by atoms with van der Waals surface area (Å²) in [6.45, 7) is 0.646. The fourth-order valence-corrected chi connectivity index (χ4v) is 2.87. The summed E-state index contributed by atoms with van der Waals surface area (Å²) in [5.74, 6) is -0.336. The van der Waals surface area contributed by atoms with Crippen molar-refractivity contribution in [2.75, 3.05) is 7.11 Å². The predicted octanol–water partition coefficient (Wildman–Crippen LogP) is 4.11. The third kappa shape index (κ3) is 3.42. The first-order valence-electron chi connectivity index (χ1n) is 6.18. The monoisotopic (exact) mass is 346 g/mol. The van der Waals surface area contributed by atoms with Gasteiger partial charge in [0.1, 0.15) is 0 Å². The van der Waals surface area contributed by atoms with Gasteiger partial charge in [0.05, 0.1) is 6.61 Å². The van der Waals surface area contributed by atoms with E-state index in [2.05, 4.69) is 46.9 Å². The van der Waals surface area contributed by atoms with Crippen LogP contribution in [0.3, 0.4) is 0 Å². The number of ether oxygens (including phenoxy) is 2. The molecule has 0 spiro atoms. The minimum atomic E-state index is -0.336. The van der Waals surface area contributed by atoms with Crippen molar-refractivity contribution in [3.63, 3.8) is 0 Å². The first-order valence-corrected chi connectivity index (χ1v) is 7.26. The van der Waals surface area contributed by atoms with Crippen LogP contribution in [0.4, 0.5) is 0 Å². The first kappa shape index (κ1) is 13.3. The maximum atomic E-state index is 6.06. The summed E-state index contributed by atoms with van der Waals surface area (Å²) in [5, 5.41) is 0. The van der Waals surface area contributed by atoms with Crippen LogP contribution in [0.15, 0.2) is 24.3 Å². The number of benzene rings is 1. The van der Waals surface area contributed by atoms with Crippen LogP contribution in [0.5, 0.6) is 0 Å².